The highest BCUT2D eigenvalue weighted by atomic mass is 32.2. The first-order valence-corrected chi connectivity index (χ1v) is 7.65. The van der Waals surface area contributed by atoms with Crippen molar-refractivity contribution in [2.75, 3.05) is 26.0 Å². The van der Waals surface area contributed by atoms with Crippen LogP contribution in [-0.2, 0) is 4.74 Å². The fourth-order valence-electron chi connectivity index (χ4n) is 2.09. The van der Waals surface area contributed by atoms with Crippen LogP contribution in [0.25, 0.3) is 0 Å². The van der Waals surface area contributed by atoms with Crippen LogP contribution in [0.5, 0.6) is 0 Å². The van der Waals surface area contributed by atoms with Crippen LogP contribution < -0.4 is 5.73 Å². The van der Waals surface area contributed by atoms with Crippen LogP contribution in [0.15, 0.2) is 29.2 Å². The van der Waals surface area contributed by atoms with Gasteiger partial charge in [-0.1, -0.05) is 0 Å². The van der Waals surface area contributed by atoms with Crippen LogP contribution in [0.1, 0.15) is 17.3 Å². The lowest BCUT2D eigenvalue weighted by molar-refractivity contribution is -0.0300. The predicted octanol–water partition coefficient (Wildman–Crippen LogP) is 1.60. The maximum Gasteiger partial charge on any atom is 0.254 e. The van der Waals surface area contributed by atoms with Gasteiger partial charge < -0.3 is 15.4 Å². The Hall–Kier alpha value is -1.04. The molecule has 1 aliphatic rings. The van der Waals surface area contributed by atoms with Gasteiger partial charge in [0.2, 0.25) is 0 Å². The molecule has 1 amide bonds. The average molecular weight is 280 g/mol. The number of carbonyl (C=O) groups is 1. The highest BCUT2D eigenvalue weighted by Crippen LogP contribution is 2.17. The Morgan fingerprint density at radius 1 is 1.47 bits per heavy atom. The zero-order valence-corrected chi connectivity index (χ0v) is 12.2. The van der Waals surface area contributed by atoms with Gasteiger partial charge >= 0.3 is 0 Å². The van der Waals surface area contributed by atoms with Gasteiger partial charge in [0, 0.05) is 29.6 Å². The van der Waals surface area contributed by atoms with E-state index >= 15 is 0 Å². The fraction of sp³-hybridized carbons (Fsp3) is 0.500. The molecule has 1 aromatic carbocycles. The Morgan fingerprint density at radius 3 is 2.74 bits per heavy atom. The van der Waals surface area contributed by atoms with Gasteiger partial charge in [-0.15, -0.1) is 11.8 Å². The fourth-order valence-corrected chi connectivity index (χ4v) is 2.50. The molecule has 0 bridgehead atoms. The summed E-state index contributed by atoms with van der Waals surface area (Å²) in [6.07, 6.45) is 1.95. The second-order valence-electron chi connectivity index (χ2n) is 4.75. The third kappa shape index (κ3) is 3.49. The minimum Gasteiger partial charge on any atom is -0.373 e. The van der Waals surface area contributed by atoms with Gasteiger partial charge in [-0.05, 0) is 37.4 Å². The first kappa shape index (κ1) is 14.4. The number of morpholine rings is 1. The molecule has 1 aromatic rings. The van der Waals surface area contributed by atoms with Crippen molar-refractivity contribution in [3.63, 3.8) is 0 Å². The molecular formula is C14H20N2O2S. The van der Waals surface area contributed by atoms with E-state index in [-0.39, 0.29) is 18.1 Å². The average Bonchev–Trinajstić information content (AvgIpc) is 2.46. The molecule has 2 rings (SSSR count). The zero-order valence-electron chi connectivity index (χ0n) is 11.3. The topological polar surface area (TPSA) is 55.6 Å². The number of thioether (sulfide) groups is 1. The number of rotatable bonds is 3. The maximum absolute atomic E-state index is 12.4. The standard InChI is InChI=1S/C14H20N2O2S/c1-10(15)13-9-16(7-8-18-13)14(17)11-3-5-12(19-2)6-4-11/h3-6,10,13H,7-9,15H2,1-2H3. The third-order valence-electron chi connectivity index (χ3n) is 3.30. The Bertz CT molecular complexity index is 434. The Labute approximate surface area is 118 Å². The lowest BCUT2D eigenvalue weighted by atomic mass is 10.1. The minimum absolute atomic E-state index is 0.0570. The second kappa shape index (κ2) is 6.41. The summed E-state index contributed by atoms with van der Waals surface area (Å²) in [6.45, 7) is 3.67. The summed E-state index contributed by atoms with van der Waals surface area (Å²) in [4.78, 5) is 15.4. The molecule has 0 spiro atoms. The van der Waals surface area contributed by atoms with Crippen LogP contribution in [-0.4, -0.2) is 48.9 Å². The largest absolute Gasteiger partial charge is 0.373 e. The third-order valence-corrected chi connectivity index (χ3v) is 4.05. The summed E-state index contributed by atoms with van der Waals surface area (Å²) in [5.41, 5.74) is 6.57. The molecule has 0 radical (unpaired) electrons. The second-order valence-corrected chi connectivity index (χ2v) is 5.63. The molecule has 0 aliphatic carbocycles. The molecule has 0 saturated carbocycles. The number of amides is 1. The molecule has 4 nitrogen and oxygen atoms in total. The van der Waals surface area contributed by atoms with Gasteiger partial charge in [-0.2, -0.15) is 0 Å². The molecule has 19 heavy (non-hydrogen) atoms. The Morgan fingerprint density at radius 2 is 2.16 bits per heavy atom. The predicted molar refractivity (Wildman–Crippen MR) is 77.5 cm³/mol. The van der Waals surface area contributed by atoms with Crippen LogP contribution in [0.2, 0.25) is 0 Å². The normalized spacial score (nSPS) is 21.2. The van der Waals surface area contributed by atoms with Crippen LogP contribution in [0.3, 0.4) is 0 Å². The number of carbonyl (C=O) groups excluding carboxylic acids is 1. The van der Waals surface area contributed by atoms with Crippen molar-refractivity contribution >= 4 is 17.7 Å². The molecule has 1 heterocycles. The Kier molecular flexibility index (Phi) is 4.85. The van der Waals surface area contributed by atoms with Gasteiger partial charge in [-0.3, -0.25) is 4.79 Å². The quantitative estimate of drug-likeness (QED) is 0.854. The molecule has 2 atom stereocenters. The molecule has 2 unspecified atom stereocenters. The van der Waals surface area contributed by atoms with Gasteiger partial charge in [-0.25, -0.2) is 0 Å². The Balaban J connectivity index is 2.05. The highest BCUT2D eigenvalue weighted by Gasteiger charge is 2.27. The van der Waals surface area contributed by atoms with E-state index in [4.69, 9.17) is 10.5 Å². The first-order valence-electron chi connectivity index (χ1n) is 6.42. The number of ether oxygens (including phenoxy) is 1. The van der Waals surface area contributed by atoms with E-state index in [0.29, 0.717) is 19.7 Å². The number of benzene rings is 1. The number of hydrogen-bond donors (Lipinski definition) is 1. The molecule has 1 saturated heterocycles. The van der Waals surface area contributed by atoms with Crippen molar-refractivity contribution in [2.45, 2.75) is 24.0 Å². The summed E-state index contributed by atoms with van der Waals surface area (Å²) in [5, 5.41) is 0. The van der Waals surface area contributed by atoms with Crippen molar-refractivity contribution < 1.29 is 9.53 Å². The first-order chi connectivity index (χ1) is 9.11. The molecule has 1 aliphatic heterocycles. The van der Waals surface area contributed by atoms with Gasteiger partial charge in [0.15, 0.2) is 0 Å². The summed E-state index contributed by atoms with van der Waals surface area (Å²) in [7, 11) is 0. The van der Waals surface area contributed by atoms with Crippen molar-refractivity contribution in [2.24, 2.45) is 5.73 Å². The van der Waals surface area contributed by atoms with Crippen molar-refractivity contribution in [3.8, 4) is 0 Å². The molecular weight excluding hydrogens is 260 g/mol. The summed E-state index contributed by atoms with van der Waals surface area (Å²) < 4.78 is 5.57. The summed E-state index contributed by atoms with van der Waals surface area (Å²) in [6, 6.07) is 7.65. The van der Waals surface area contributed by atoms with E-state index in [2.05, 4.69) is 0 Å². The summed E-state index contributed by atoms with van der Waals surface area (Å²) in [5.74, 6) is 0.0570. The van der Waals surface area contributed by atoms with Crippen LogP contribution >= 0.6 is 11.8 Å². The van der Waals surface area contributed by atoms with Gasteiger partial charge in [0.1, 0.15) is 0 Å². The van der Waals surface area contributed by atoms with Gasteiger partial charge in [0.25, 0.3) is 5.91 Å². The number of nitrogens with two attached hydrogens (primary N) is 1. The van der Waals surface area contributed by atoms with Gasteiger partial charge in [0.05, 0.1) is 12.7 Å². The monoisotopic (exact) mass is 280 g/mol. The lowest BCUT2D eigenvalue weighted by Gasteiger charge is -2.34. The molecule has 0 aromatic heterocycles. The van der Waals surface area contributed by atoms with Crippen LogP contribution in [0.4, 0.5) is 0 Å². The van der Waals surface area contributed by atoms with E-state index in [0.717, 1.165) is 10.5 Å². The van der Waals surface area contributed by atoms with Crippen molar-refractivity contribution in [1.82, 2.24) is 4.90 Å². The highest BCUT2D eigenvalue weighted by molar-refractivity contribution is 7.98. The zero-order chi connectivity index (χ0) is 13.8. The van der Waals surface area contributed by atoms with E-state index in [9.17, 15) is 4.79 Å². The molecule has 5 heteroatoms. The van der Waals surface area contributed by atoms with E-state index in [1.807, 2.05) is 42.3 Å². The van der Waals surface area contributed by atoms with E-state index < -0.39 is 0 Å². The van der Waals surface area contributed by atoms with Crippen molar-refractivity contribution in [1.29, 1.82) is 0 Å². The SMILES string of the molecule is CSc1ccc(C(=O)N2CCOC(C(C)N)C2)cc1. The minimum atomic E-state index is -0.0665. The summed E-state index contributed by atoms with van der Waals surface area (Å²) >= 11 is 1.67. The number of hydrogen-bond acceptors (Lipinski definition) is 4. The van der Waals surface area contributed by atoms with E-state index in [1.54, 1.807) is 11.8 Å². The lowest BCUT2D eigenvalue weighted by Crippen LogP contribution is -2.51. The van der Waals surface area contributed by atoms with Crippen LogP contribution in [0, 0.1) is 0 Å². The number of nitrogens with zero attached hydrogens (tertiary/aromatic N) is 1. The van der Waals surface area contributed by atoms with E-state index in [1.165, 1.54) is 0 Å². The molecule has 2 N–H and O–H groups in total. The molecule has 104 valence electrons. The molecule has 1 fully saturated rings. The maximum atomic E-state index is 12.4. The smallest absolute Gasteiger partial charge is 0.254 e. The van der Waals surface area contributed by atoms with Crippen molar-refractivity contribution in [3.05, 3.63) is 29.8 Å².